The SMILES string of the molecule is OC[C@@H](O)[C@@H](O)[C@H](O)[C@@H](O)CS. The zero-order chi connectivity index (χ0) is 9.72. The molecule has 0 saturated carbocycles. The monoisotopic (exact) mass is 198 g/mol. The Morgan fingerprint density at radius 2 is 1.33 bits per heavy atom. The summed E-state index contributed by atoms with van der Waals surface area (Å²) in [6, 6.07) is 0. The Morgan fingerprint density at radius 1 is 0.917 bits per heavy atom. The van der Waals surface area contributed by atoms with Crippen molar-refractivity contribution in [2.24, 2.45) is 0 Å². The molecule has 0 aromatic heterocycles. The third-order valence-corrected chi connectivity index (χ3v) is 1.89. The van der Waals surface area contributed by atoms with E-state index in [0.717, 1.165) is 0 Å². The fourth-order valence-corrected chi connectivity index (χ4v) is 0.887. The zero-order valence-electron chi connectivity index (χ0n) is 6.41. The number of aliphatic hydroxyl groups excluding tert-OH is 5. The van der Waals surface area contributed by atoms with E-state index in [1.807, 2.05) is 0 Å². The van der Waals surface area contributed by atoms with Crippen molar-refractivity contribution in [3.8, 4) is 0 Å². The summed E-state index contributed by atoms with van der Waals surface area (Å²) in [6.07, 6.45) is -5.72. The minimum atomic E-state index is -1.56. The van der Waals surface area contributed by atoms with Gasteiger partial charge in [-0.15, -0.1) is 0 Å². The zero-order valence-corrected chi connectivity index (χ0v) is 7.30. The first-order chi connectivity index (χ1) is 5.54. The van der Waals surface area contributed by atoms with Gasteiger partial charge in [-0.05, 0) is 0 Å². The lowest BCUT2D eigenvalue weighted by molar-refractivity contribution is -0.109. The van der Waals surface area contributed by atoms with Crippen LogP contribution >= 0.6 is 12.6 Å². The third kappa shape index (κ3) is 3.26. The molecule has 0 aliphatic heterocycles. The molecule has 74 valence electrons. The largest absolute Gasteiger partial charge is 0.394 e. The summed E-state index contributed by atoms with van der Waals surface area (Å²) in [6.45, 7) is -0.669. The van der Waals surface area contributed by atoms with Gasteiger partial charge in [0.05, 0.1) is 12.7 Å². The van der Waals surface area contributed by atoms with E-state index in [0.29, 0.717) is 0 Å². The minimum Gasteiger partial charge on any atom is -0.394 e. The summed E-state index contributed by atoms with van der Waals surface area (Å²) in [7, 11) is 0. The van der Waals surface area contributed by atoms with Crippen molar-refractivity contribution in [1.82, 2.24) is 0 Å². The molecule has 0 radical (unpaired) electrons. The second kappa shape index (κ2) is 5.74. The summed E-state index contributed by atoms with van der Waals surface area (Å²) >= 11 is 3.68. The van der Waals surface area contributed by atoms with Gasteiger partial charge in [-0.2, -0.15) is 12.6 Å². The Hall–Kier alpha value is 0.150. The van der Waals surface area contributed by atoms with Crippen molar-refractivity contribution in [2.45, 2.75) is 24.4 Å². The van der Waals surface area contributed by atoms with Crippen LogP contribution in [0.3, 0.4) is 0 Å². The maximum absolute atomic E-state index is 9.07. The lowest BCUT2D eigenvalue weighted by Crippen LogP contribution is -2.46. The first-order valence-corrected chi connectivity index (χ1v) is 4.11. The average Bonchev–Trinajstić information content (AvgIpc) is 2.12. The fraction of sp³-hybridized carbons (Fsp3) is 1.00. The summed E-state index contributed by atoms with van der Waals surface area (Å²) in [5, 5.41) is 44.3. The fourth-order valence-electron chi connectivity index (χ4n) is 0.671. The van der Waals surface area contributed by atoms with Crippen LogP contribution in [0.2, 0.25) is 0 Å². The molecule has 12 heavy (non-hydrogen) atoms. The summed E-state index contributed by atoms with van der Waals surface area (Å²) in [5.74, 6) is -0.0314. The van der Waals surface area contributed by atoms with Crippen LogP contribution < -0.4 is 0 Å². The van der Waals surface area contributed by atoms with Crippen LogP contribution in [0.25, 0.3) is 0 Å². The quantitative estimate of drug-likeness (QED) is 0.271. The first kappa shape index (κ1) is 12.2. The Kier molecular flexibility index (Phi) is 5.81. The van der Waals surface area contributed by atoms with Crippen LogP contribution in [0.5, 0.6) is 0 Å². The van der Waals surface area contributed by atoms with E-state index < -0.39 is 31.0 Å². The van der Waals surface area contributed by atoms with Crippen LogP contribution in [0, 0.1) is 0 Å². The lowest BCUT2D eigenvalue weighted by atomic mass is 10.0. The van der Waals surface area contributed by atoms with Crippen molar-refractivity contribution >= 4 is 12.6 Å². The Morgan fingerprint density at radius 3 is 1.67 bits per heavy atom. The van der Waals surface area contributed by atoms with Gasteiger partial charge < -0.3 is 25.5 Å². The van der Waals surface area contributed by atoms with Crippen LogP contribution in [-0.4, -0.2) is 62.3 Å². The van der Waals surface area contributed by atoms with Gasteiger partial charge in [-0.25, -0.2) is 0 Å². The lowest BCUT2D eigenvalue weighted by Gasteiger charge is -2.24. The van der Waals surface area contributed by atoms with Gasteiger partial charge in [-0.1, -0.05) is 0 Å². The molecular weight excluding hydrogens is 184 g/mol. The molecular formula is C6H14O5S. The van der Waals surface area contributed by atoms with Crippen LogP contribution in [-0.2, 0) is 0 Å². The van der Waals surface area contributed by atoms with Crippen molar-refractivity contribution in [1.29, 1.82) is 0 Å². The summed E-state index contributed by atoms with van der Waals surface area (Å²) in [5.41, 5.74) is 0. The average molecular weight is 198 g/mol. The molecule has 0 rings (SSSR count). The molecule has 5 N–H and O–H groups in total. The van der Waals surface area contributed by atoms with Crippen molar-refractivity contribution in [3.63, 3.8) is 0 Å². The number of aliphatic hydroxyl groups is 5. The van der Waals surface area contributed by atoms with Crippen LogP contribution in [0.4, 0.5) is 0 Å². The molecule has 0 saturated heterocycles. The predicted molar refractivity (Wildman–Crippen MR) is 45.0 cm³/mol. The maximum Gasteiger partial charge on any atom is 0.111 e. The Bertz CT molecular complexity index is 109. The smallest absolute Gasteiger partial charge is 0.111 e. The van der Waals surface area contributed by atoms with Crippen LogP contribution in [0.1, 0.15) is 0 Å². The van der Waals surface area contributed by atoms with Crippen LogP contribution in [0.15, 0.2) is 0 Å². The van der Waals surface area contributed by atoms with Gasteiger partial charge in [-0.3, -0.25) is 0 Å². The maximum atomic E-state index is 9.07. The van der Waals surface area contributed by atoms with Gasteiger partial charge in [0, 0.05) is 5.75 Å². The Labute approximate surface area is 75.7 Å². The highest BCUT2D eigenvalue weighted by molar-refractivity contribution is 7.80. The number of hydrogen-bond acceptors (Lipinski definition) is 6. The van der Waals surface area contributed by atoms with E-state index in [2.05, 4.69) is 12.6 Å². The normalized spacial score (nSPS) is 21.5. The van der Waals surface area contributed by atoms with E-state index in [9.17, 15) is 0 Å². The molecule has 6 heteroatoms. The number of thiol groups is 1. The molecule has 0 aliphatic carbocycles. The van der Waals surface area contributed by atoms with Crippen molar-refractivity contribution < 1.29 is 25.5 Å². The highest BCUT2D eigenvalue weighted by atomic mass is 32.1. The predicted octanol–water partition coefficient (Wildman–Crippen LogP) is -2.65. The highest BCUT2D eigenvalue weighted by Crippen LogP contribution is 2.05. The number of hydrogen-bond donors (Lipinski definition) is 6. The first-order valence-electron chi connectivity index (χ1n) is 3.48. The van der Waals surface area contributed by atoms with E-state index in [4.69, 9.17) is 25.5 Å². The van der Waals surface area contributed by atoms with Gasteiger partial charge in [0.25, 0.3) is 0 Å². The second-order valence-corrected chi connectivity index (χ2v) is 2.85. The molecule has 0 aromatic rings. The van der Waals surface area contributed by atoms with Gasteiger partial charge in [0.2, 0.25) is 0 Å². The van der Waals surface area contributed by atoms with Crippen molar-refractivity contribution in [2.75, 3.05) is 12.4 Å². The molecule has 5 nitrogen and oxygen atoms in total. The topological polar surface area (TPSA) is 101 Å². The molecule has 0 heterocycles. The van der Waals surface area contributed by atoms with Gasteiger partial charge in [0.15, 0.2) is 0 Å². The molecule has 0 aromatic carbocycles. The molecule has 0 fully saturated rings. The number of rotatable bonds is 5. The summed E-state index contributed by atoms with van der Waals surface area (Å²) in [4.78, 5) is 0. The third-order valence-electron chi connectivity index (χ3n) is 1.51. The van der Waals surface area contributed by atoms with E-state index in [-0.39, 0.29) is 5.75 Å². The molecule has 0 amide bonds. The van der Waals surface area contributed by atoms with Gasteiger partial charge in [0.1, 0.15) is 18.3 Å². The van der Waals surface area contributed by atoms with E-state index >= 15 is 0 Å². The minimum absolute atomic E-state index is 0.0314. The van der Waals surface area contributed by atoms with E-state index in [1.54, 1.807) is 0 Å². The molecule has 0 spiro atoms. The van der Waals surface area contributed by atoms with E-state index in [1.165, 1.54) is 0 Å². The highest BCUT2D eigenvalue weighted by Gasteiger charge is 2.28. The molecule has 4 atom stereocenters. The Balaban J connectivity index is 3.99. The summed E-state index contributed by atoms with van der Waals surface area (Å²) < 4.78 is 0. The molecule has 0 aliphatic rings. The van der Waals surface area contributed by atoms with Crippen molar-refractivity contribution in [3.05, 3.63) is 0 Å². The standard InChI is InChI=1S/C6H14O5S/c7-1-3(8)5(10)6(11)4(9)2-12/h3-12H,1-2H2/t3-,4+,5-,6-/m1/s1. The molecule has 0 bridgehead atoms. The second-order valence-electron chi connectivity index (χ2n) is 2.48. The molecule has 0 unspecified atom stereocenters. The van der Waals surface area contributed by atoms with Gasteiger partial charge >= 0.3 is 0 Å².